The summed E-state index contributed by atoms with van der Waals surface area (Å²) in [6.07, 6.45) is 1.19. The van der Waals surface area contributed by atoms with E-state index < -0.39 is 5.41 Å². The number of carbonyl (C=O) groups excluding carboxylic acids is 2. The average molecular weight is 352 g/mol. The van der Waals surface area contributed by atoms with Gasteiger partial charge in [0.1, 0.15) is 17.8 Å². The lowest BCUT2D eigenvalue weighted by molar-refractivity contribution is -0.134. The molecule has 2 aromatic rings. The second kappa shape index (κ2) is 7.60. The molecule has 2 aromatic carbocycles. The summed E-state index contributed by atoms with van der Waals surface area (Å²) in [7, 11) is 0. The quantitative estimate of drug-likeness (QED) is 0.750. The third kappa shape index (κ3) is 4.23. The molecule has 26 heavy (non-hydrogen) atoms. The Morgan fingerprint density at radius 1 is 1.00 bits per heavy atom. The van der Waals surface area contributed by atoms with Gasteiger partial charge in [0.2, 0.25) is 11.8 Å². The molecule has 0 spiro atoms. The van der Waals surface area contributed by atoms with Gasteiger partial charge in [-0.15, -0.1) is 0 Å². The lowest BCUT2D eigenvalue weighted by atomic mass is 10.0. The van der Waals surface area contributed by atoms with E-state index in [1.807, 2.05) is 56.3 Å². The zero-order valence-electron chi connectivity index (χ0n) is 15.1. The number of benzene rings is 2. The van der Waals surface area contributed by atoms with Crippen LogP contribution in [0.5, 0.6) is 5.75 Å². The summed E-state index contributed by atoms with van der Waals surface area (Å²) in [5.41, 5.74) is 0.842. The summed E-state index contributed by atoms with van der Waals surface area (Å²) < 4.78 is 5.74. The van der Waals surface area contributed by atoms with E-state index in [0.717, 1.165) is 11.3 Å². The Morgan fingerprint density at radius 2 is 1.65 bits per heavy atom. The Morgan fingerprint density at radius 3 is 2.23 bits per heavy atom. The Bertz CT molecular complexity index is 766. The Hall–Kier alpha value is -2.82. The first kappa shape index (κ1) is 18.0. The predicted octanol–water partition coefficient (Wildman–Crippen LogP) is 3.51. The van der Waals surface area contributed by atoms with Gasteiger partial charge in [0, 0.05) is 11.7 Å². The van der Waals surface area contributed by atoms with Gasteiger partial charge in [-0.1, -0.05) is 30.3 Å². The third-order valence-electron chi connectivity index (χ3n) is 4.40. The van der Waals surface area contributed by atoms with Crippen LogP contribution in [0.15, 0.2) is 54.6 Å². The summed E-state index contributed by atoms with van der Waals surface area (Å²) in [6.45, 7) is 4.27. The van der Waals surface area contributed by atoms with Gasteiger partial charge in [0.25, 0.3) is 0 Å². The number of hydrogen-bond donors (Lipinski definition) is 2. The lowest BCUT2D eigenvalue weighted by Crippen LogP contribution is -2.42. The van der Waals surface area contributed by atoms with Crippen LogP contribution < -0.4 is 15.4 Å². The van der Waals surface area contributed by atoms with Crippen LogP contribution in [-0.2, 0) is 16.2 Å². The molecule has 2 N–H and O–H groups in total. The van der Waals surface area contributed by atoms with Crippen molar-refractivity contribution < 1.29 is 14.3 Å². The van der Waals surface area contributed by atoms with Crippen LogP contribution in [0.2, 0.25) is 0 Å². The minimum Gasteiger partial charge on any atom is -0.489 e. The van der Waals surface area contributed by atoms with Gasteiger partial charge in [-0.3, -0.25) is 9.59 Å². The highest BCUT2D eigenvalue weighted by Crippen LogP contribution is 2.47. The Labute approximate surface area is 153 Å². The minimum atomic E-state index is -0.910. The van der Waals surface area contributed by atoms with Crippen LogP contribution in [0.3, 0.4) is 0 Å². The van der Waals surface area contributed by atoms with Crippen molar-refractivity contribution in [2.45, 2.75) is 39.3 Å². The fraction of sp³-hybridized carbons (Fsp3) is 0.333. The summed E-state index contributed by atoms with van der Waals surface area (Å²) in [4.78, 5) is 24.8. The number of anilines is 1. The molecule has 5 nitrogen and oxygen atoms in total. The standard InChI is InChI=1S/C21H24N2O3/c1-15(2)22-19(24)21(12-13-21)20(25)23-17-8-10-18(11-9-17)26-14-16-6-4-3-5-7-16/h3-11,15H,12-14H2,1-2H3,(H,22,24)(H,23,25). The van der Waals surface area contributed by atoms with Crippen molar-refractivity contribution in [3.05, 3.63) is 60.2 Å². The van der Waals surface area contributed by atoms with Crippen molar-refractivity contribution in [3.8, 4) is 5.75 Å². The van der Waals surface area contributed by atoms with Crippen LogP contribution in [-0.4, -0.2) is 17.9 Å². The zero-order chi connectivity index (χ0) is 18.6. The first-order valence-corrected chi connectivity index (χ1v) is 8.89. The molecule has 136 valence electrons. The maximum atomic E-state index is 12.5. The number of ether oxygens (including phenoxy) is 1. The molecule has 0 aliphatic heterocycles. The summed E-state index contributed by atoms with van der Waals surface area (Å²) in [6, 6.07) is 17.1. The van der Waals surface area contributed by atoms with E-state index in [2.05, 4.69) is 10.6 Å². The molecule has 0 aromatic heterocycles. The van der Waals surface area contributed by atoms with E-state index in [-0.39, 0.29) is 17.9 Å². The molecule has 1 aliphatic carbocycles. The largest absolute Gasteiger partial charge is 0.489 e. The maximum absolute atomic E-state index is 12.5. The number of nitrogens with one attached hydrogen (secondary N) is 2. The monoisotopic (exact) mass is 352 g/mol. The van der Waals surface area contributed by atoms with Gasteiger partial charge in [0.15, 0.2) is 0 Å². The van der Waals surface area contributed by atoms with Gasteiger partial charge in [-0.25, -0.2) is 0 Å². The number of amides is 2. The highest BCUT2D eigenvalue weighted by molar-refractivity contribution is 6.13. The van der Waals surface area contributed by atoms with Gasteiger partial charge >= 0.3 is 0 Å². The fourth-order valence-electron chi connectivity index (χ4n) is 2.71. The molecule has 0 atom stereocenters. The predicted molar refractivity (Wildman–Crippen MR) is 101 cm³/mol. The van der Waals surface area contributed by atoms with Crippen molar-refractivity contribution in [1.29, 1.82) is 0 Å². The van der Waals surface area contributed by atoms with Crippen LogP contribution in [0, 0.1) is 5.41 Å². The molecule has 5 heteroatoms. The number of rotatable bonds is 7. The second-order valence-electron chi connectivity index (χ2n) is 6.96. The van der Waals surface area contributed by atoms with E-state index in [9.17, 15) is 9.59 Å². The molecule has 3 rings (SSSR count). The molecular formula is C21H24N2O3. The molecule has 0 saturated heterocycles. The number of carbonyl (C=O) groups is 2. The van der Waals surface area contributed by atoms with E-state index in [1.54, 1.807) is 12.1 Å². The highest BCUT2D eigenvalue weighted by atomic mass is 16.5. The van der Waals surface area contributed by atoms with Crippen LogP contribution in [0.4, 0.5) is 5.69 Å². The maximum Gasteiger partial charge on any atom is 0.240 e. The van der Waals surface area contributed by atoms with E-state index >= 15 is 0 Å². The van der Waals surface area contributed by atoms with Crippen molar-refractivity contribution in [2.24, 2.45) is 5.41 Å². The van der Waals surface area contributed by atoms with Crippen molar-refractivity contribution in [3.63, 3.8) is 0 Å². The molecule has 0 bridgehead atoms. The van der Waals surface area contributed by atoms with Gasteiger partial charge in [-0.2, -0.15) is 0 Å². The summed E-state index contributed by atoms with van der Waals surface area (Å²) >= 11 is 0. The van der Waals surface area contributed by atoms with E-state index in [1.165, 1.54) is 0 Å². The molecule has 1 saturated carbocycles. The Kier molecular flexibility index (Phi) is 5.26. The first-order chi connectivity index (χ1) is 12.5. The van der Waals surface area contributed by atoms with Gasteiger partial charge in [-0.05, 0) is 56.5 Å². The lowest BCUT2D eigenvalue weighted by Gasteiger charge is -2.17. The molecule has 0 heterocycles. The van der Waals surface area contributed by atoms with Crippen molar-refractivity contribution >= 4 is 17.5 Å². The summed E-state index contributed by atoms with van der Waals surface area (Å²) in [5, 5.41) is 5.68. The van der Waals surface area contributed by atoms with E-state index in [4.69, 9.17) is 4.74 Å². The van der Waals surface area contributed by atoms with Crippen LogP contribution in [0.25, 0.3) is 0 Å². The molecule has 0 radical (unpaired) electrons. The van der Waals surface area contributed by atoms with Gasteiger partial charge in [0.05, 0.1) is 0 Å². The molecular weight excluding hydrogens is 328 g/mol. The highest BCUT2D eigenvalue weighted by Gasteiger charge is 2.56. The SMILES string of the molecule is CC(C)NC(=O)C1(C(=O)Nc2ccc(OCc3ccccc3)cc2)CC1. The average Bonchev–Trinajstić information content (AvgIpc) is 3.43. The minimum absolute atomic E-state index is 0.0221. The van der Waals surface area contributed by atoms with Crippen LogP contribution >= 0.6 is 0 Å². The van der Waals surface area contributed by atoms with Crippen molar-refractivity contribution in [1.82, 2.24) is 5.32 Å². The summed E-state index contributed by atoms with van der Waals surface area (Å²) in [5.74, 6) is 0.298. The Balaban J connectivity index is 1.56. The fourth-order valence-corrected chi connectivity index (χ4v) is 2.71. The smallest absolute Gasteiger partial charge is 0.240 e. The zero-order valence-corrected chi connectivity index (χ0v) is 15.1. The molecule has 1 aliphatic rings. The first-order valence-electron chi connectivity index (χ1n) is 8.89. The molecule has 1 fully saturated rings. The third-order valence-corrected chi connectivity index (χ3v) is 4.40. The van der Waals surface area contributed by atoms with Crippen molar-refractivity contribution in [2.75, 3.05) is 5.32 Å². The normalized spacial score (nSPS) is 14.6. The van der Waals surface area contributed by atoms with Crippen LogP contribution in [0.1, 0.15) is 32.3 Å². The number of hydrogen-bond acceptors (Lipinski definition) is 3. The molecule has 2 amide bonds. The van der Waals surface area contributed by atoms with Gasteiger partial charge < -0.3 is 15.4 Å². The van der Waals surface area contributed by atoms with E-state index in [0.29, 0.717) is 25.1 Å². The topological polar surface area (TPSA) is 67.4 Å². The molecule has 0 unspecified atom stereocenters. The second-order valence-corrected chi connectivity index (χ2v) is 6.96.